The summed E-state index contributed by atoms with van der Waals surface area (Å²) in [5.41, 5.74) is 1.02. The molecule has 1 fully saturated rings. The summed E-state index contributed by atoms with van der Waals surface area (Å²) in [6.07, 6.45) is 4.07. The van der Waals surface area contributed by atoms with Gasteiger partial charge >= 0.3 is 0 Å². The summed E-state index contributed by atoms with van der Waals surface area (Å²) in [4.78, 5) is 13.3. The van der Waals surface area contributed by atoms with E-state index in [-0.39, 0.29) is 11.3 Å². The first kappa shape index (κ1) is 13.4. The van der Waals surface area contributed by atoms with Crippen LogP contribution in [0.3, 0.4) is 0 Å². The average molecular weight is 264 g/mol. The fraction of sp³-hybridized carbons (Fsp3) is 0.500. The maximum Gasteiger partial charge on any atom is 0.227 e. The van der Waals surface area contributed by atoms with E-state index in [1.165, 1.54) is 4.90 Å². The van der Waals surface area contributed by atoms with Crippen LogP contribution in [0.5, 0.6) is 0 Å². The van der Waals surface area contributed by atoms with Gasteiger partial charge in [0.2, 0.25) is 5.91 Å². The predicted molar refractivity (Wildman–Crippen MR) is 75.7 cm³/mol. The van der Waals surface area contributed by atoms with Crippen LogP contribution in [0.25, 0.3) is 0 Å². The van der Waals surface area contributed by atoms with Crippen LogP contribution in [0.1, 0.15) is 18.4 Å². The number of carbonyl (C=O) groups excluding carboxylic acids is 1. The van der Waals surface area contributed by atoms with Crippen LogP contribution in [0.4, 0.5) is 0 Å². The lowest BCUT2D eigenvalue weighted by Crippen LogP contribution is -2.37. The molecule has 1 aliphatic rings. The molecule has 4 heteroatoms. The summed E-state index contributed by atoms with van der Waals surface area (Å²) in [5.74, 6) is 0.186. The molecular weight excluding hydrogens is 244 g/mol. The molecule has 0 radical (unpaired) electrons. The van der Waals surface area contributed by atoms with Crippen molar-refractivity contribution in [3.8, 4) is 0 Å². The molecule has 0 heterocycles. The predicted octanol–water partition coefficient (Wildman–Crippen LogP) is 2.02. The van der Waals surface area contributed by atoms with E-state index in [1.54, 1.807) is 11.8 Å². The van der Waals surface area contributed by atoms with E-state index in [1.807, 2.05) is 7.05 Å². The van der Waals surface area contributed by atoms with Gasteiger partial charge in [0.15, 0.2) is 0 Å². The first-order chi connectivity index (χ1) is 8.70. The Bertz CT molecular complexity index is 412. The molecular formula is C14H20N2OS. The van der Waals surface area contributed by atoms with E-state index in [2.05, 4.69) is 41.2 Å². The minimum absolute atomic E-state index is 0.131. The Morgan fingerprint density at radius 3 is 2.50 bits per heavy atom. The highest BCUT2D eigenvalue weighted by molar-refractivity contribution is 7.98. The smallest absolute Gasteiger partial charge is 0.227 e. The van der Waals surface area contributed by atoms with E-state index in [0.29, 0.717) is 6.54 Å². The number of rotatable bonds is 6. The second-order valence-corrected chi connectivity index (χ2v) is 5.72. The van der Waals surface area contributed by atoms with E-state index < -0.39 is 0 Å². The molecule has 1 aromatic rings. The largest absolute Gasteiger partial charge is 0.352 e. The van der Waals surface area contributed by atoms with E-state index in [9.17, 15) is 4.79 Å². The average Bonchev–Trinajstić information content (AvgIpc) is 3.18. The second kappa shape index (κ2) is 5.76. The third kappa shape index (κ3) is 3.06. The molecule has 1 aromatic carbocycles. The van der Waals surface area contributed by atoms with Gasteiger partial charge in [-0.1, -0.05) is 12.1 Å². The molecule has 0 atom stereocenters. The molecule has 1 saturated carbocycles. The van der Waals surface area contributed by atoms with Gasteiger partial charge in [0, 0.05) is 18.0 Å². The van der Waals surface area contributed by atoms with E-state index in [4.69, 9.17) is 0 Å². The molecule has 1 aliphatic carbocycles. The molecule has 0 saturated heterocycles. The van der Waals surface area contributed by atoms with Crippen molar-refractivity contribution >= 4 is 17.7 Å². The molecule has 0 aliphatic heterocycles. The fourth-order valence-electron chi connectivity index (χ4n) is 2.09. The van der Waals surface area contributed by atoms with Gasteiger partial charge in [0.05, 0.1) is 5.41 Å². The van der Waals surface area contributed by atoms with Crippen molar-refractivity contribution in [1.82, 2.24) is 10.6 Å². The third-order valence-corrected chi connectivity index (χ3v) is 4.21. The molecule has 0 bridgehead atoms. The summed E-state index contributed by atoms with van der Waals surface area (Å²) in [6.45, 7) is 1.41. The zero-order valence-electron chi connectivity index (χ0n) is 11.0. The lowest BCUT2D eigenvalue weighted by atomic mass is 10.1. The Kier molecular flexibility index (Phi) is 4.30. The Balaban J connectivity index is 1.85. The number of nitrogens with one attached hydrogen (secondary N) is 2. The first-order valence-corrected chi connectivity index (χ1v) is 7.48. The van der Waals surface area contributed by atoms with Crippen molar-refractivity contribution in [3.05, 3.63) is 29.8 Å². The summed E-state index contributed by atoms with van der Waals surface area (Å²) in [7, 11) is 1.90. The van der Waals surface area contributed by atoms with Gasteiger partial charge in [0.1, 0.15) is 0 Å². The van der Waals surface area contributed by atoms with Gasteiger partial charge in [-0.25, -0.2) is 0 Å². The number of hydrogen-bond donors (Lipinski definition) is 2. The van der Waals surface area contributed by atoms with Gasteiger partial charge in [-0.05, 0) is 43.8 Å². The van der Waals surface area contributed by atoms with Crippen LogP contribution in [0, 0.1) is 5.41 Å². The van der Waals surface area contributed by atoms with Gasteiger partial charge in [-0.15, -0.1) is 11.8 Å². The molecule has 98 valence electrons. The molecule has 18 heavy (non-hydrogen) atoms. The highest BCUT2D eigenvalue weighted by Gasteiger charge is 2.48. The second-order valence-electron chi connectivity index (χ2n) is 4.84. The standard InChI is InChI=1S/C14H20N2OS/c1-15-10-14(7-8-14)13(17)16-9-11-3-5-12(18-2)6-4-11/h3-6,15H,7-10H2,1-2H3,(H,16,17). The summed E-state index contributed by atoms with van der Waals surface area (Å²) >= 11 is 1.73. The first-order valence-electron chi connectivity index (χ1n) is 6.26. The number of hydrogen-bond acceptors (Lipinski definition) is 3. The number of benzene rings is 1. The van der Waals surface area contributed by atoms with Crippen LogP contribution in [-0.2, 0) is 11.3 Å². The van der Waals surface area contributed by atoms with E-state index in [0.717, 1.165) is 24.9 Å². The lowest BCUT2D eigenvalue weighted by molar-refractivity contribution is -0.126. The van der Waals surface area contributed by atoms with Gasteiger partial charge in [-0.3, -0.25) is 4.79 Å². The van der Waals surface area contributed by atoms with Crippen LogP contribution >= 0.6 is 11.8 Å². The zero-order chi connectivity index (χ0) is 13.0. The Morgan fingerprint density at radius 2 is 2.00 bits per heavy atom. The SMILES string of the molecule is CNCC1(C(=O)NCc2ccc(SC)cc2)CC1. The monoisotopic (exact) mass is 264 g/mol. The van der Waals surface area contributed by atoms with Gasteiger partial charge in [0.25, 0.3) is 0 Å². The van der Waals surface area contributed by atoms with Crippen molar-refractivity contribution in [3.63, 3.8) is 0 Å². The molecule has 0 spiro atoms. The minimum atomic E-state index is -0.131. The maximum atomic E-state index is 12.1. The number of carbonyl (C=O) groups is 1. The molecule has 0 aromatic heterocycles. The lowest BCUT2D eigenvalue weighted by Gasteiger charge is -2.14. The summed E-state index contributed by atoms with van der Waals surface area (Å²) in [6, 6.07) is 8.33. The quantitative estimate of drug-likeness (QED) is 0.772. The number of amides is 1. The molecule has 2 rings (SSSR count). The van der Waals surface area contributed by atoms with Crippen LogP contribution < -0.4 is 10.6 Å². The van der Waals surface area contributed by atoms with Crippen LogP contribution in [0.2, 0.25) is 0 Å². The van der Waals surface area contributed by atoms with Crippen molar-refractivity contribution in [1.29, 1.82) is 0 Å². The van der Waals surface area contributed by atoms with Crippen molar-refractivity contribution in [2.75, 3.05) is 19.8 Å². The topological polar surface area (TPSA) is 41.1 Å². The normalized spacial score (nSPS) is 16.3. The van der Waals surface area contributed by atoms with Gasteiger partial charge < -0.3 is 10.6 Å². The van der Waals surface area contributed by atoms with Crippen LogP contribution in [0.15, 0.2) is 29.2 Å². The molecule has 2 N–H and O–H groups in total. The molecule has 1 amide bonds. The Morgan fingerprint density at radius 1 is 1.33 bits per heavy atom. The highest BCUT2D eigenvalue weighted by atomic mass is 32.2. The fourth-order valence-corrected chi connectivity index (χ4v) is 2.49. The zero-order valence-corrected chi connectivity index (χ0v) is 11.8. The molecule has 3 nitrogen and oxygen atoms in total. The molecule has 0 unspecified atom stereocenters. The minimum Gasteiger partial charge on any atom is -0.352 e. The van der Waals surface area contributed by atoms with Gasteiger partial charge in [-0.2, -0.15) is 0 Å². The highest BCUT2D eigenvalue weighted by Crippen LogP contribution is 2.45. The van der Waals surface area contributed by atoms with Crippen molar-refractivity contribution < 1.29 is 4.79 Å². The van der Waals surface area contributed by atoms with Crippen molar-refractivity contribution in [2.45, 2.75) is 24.3 Å². The van der Waals surface area contributed by atoms with Crippen LogP contribution in [-0.4, -0.2) is 25.8 Å². The van der Waals surface area contributed by atoms with E-state index >= 15 is 0 Å². The Labute approximate surface area is 113 Å². The Hall–Kier alpha value is -1.00. The van der Waals surface area contributed by atoms with Crippen molar-refractivity contribution in [2.24, 2.45) is 5.41 Å². The number of thioether (sulfide) groups is 1. The third-order valence-electron chi connectivity index (χ3n) is 3.46. The summed E-state index contributed by atoms with van der Waals surface area (Å²) < 4.78 is 0. The maximum absolute atomic E-state index is 12.1. The summed E-state index contributed by atoms with van der Waals surface area (Å²) in [5, 5.41) is 6.14.